The van der Waals surface area contributed by atoms with E-state index in [1.54, 1.807) is 47.8 Å². The van der Waals surface area contributed by atoms with Gasteiger partial charge < -0.3 is 18.9 Å². The summed E-state index contributed by atoms with van der Waals surface area (Å²) in [5.74, 6) is -0.506. The van der Waals surface area contributed by atoms with E-state index in [4.69, 9.17) is 9.47 Å². The van der Waals surface area contributed by atoms with E-state index in [9.17, 15) is 14.0 Å². The Morgan fingerprint density at radius 1 is 1.03 bits per heavy atom. The Balaban J connectivity index is 1.76. The maximum atomic E-state index is 14.5. The lowest BCUT2D eigenvalue weighted by molar-refractivity contribution is -0.136. The van der Waals surface area contributed by atoms with E-state index in [-0.39, 0.29) is 22.9 Å². The van der Waals surface area contributed by atoms with Crippen LogP contribution in [0.15, 0.2) is 71.4 Å². The molecule has 0 saturated carbocycles. The summed E-state index contributed by atoms with van der Waals surface area (Å²) in [6.07, 6.45) is 1.69. The minimum atomic E-state index is -0.581. The van der Waals surface area contributed by atoms with Gasteiger partial charge in [0.1, 0.15) is 11.6 Å². The van der Waals surface area contributed by atoms with Crippen LogP contribution in [0.1, 0.15) is 29.4 Å². The maximum absolute atomic E-state index is 14.5. The monoisotopic (exact) mass is 474 g/mol. The summed E-state index contributed by atoms with van der Waals surface area (Å²) >= 11 is 0. The Bertz CT molecular complexity index is 1370. The summed E-state index contributed by atoms with van der Waals surface area (Å²) in [7, 11) is 2.88. The first-order valence-corrected chi connectivity index (χ1v) is 11.2. The molecule has 1 aliphatic heterocycles. The van der Waals surface area contributed by atoms with E-state index in [0.29, 0.717) is 17.9 Å². The number of halogens is 1. The van der Waals surface area contributed by atoms with Gasteiger partial charge in [-0.05, 0) is 68.3 Å². The highest BCUT2D eigenvalue weighted by atomic mass is 19.1. The summed E-state index contributed by atoms with van der Waals surface area (Å²) < 4.78 is 26.5. The second kappa shape index (κ2) is 9.62. The number of benzene rings is 2. The van der Waals surface area contributed by atoms with E-state index in [1.165, 1.54) is 13.2 Å². The van der Waals surface area contributed by atoms with Crippen LogP contribution in [0.2, 0.25) is 0 Å². The Morgan fingerprint density at radius 2 is 1.71 bits per heavy atom. The molecule has 180 valence electrons. The molecule has 0 spiro atoms. The number of aryl methyl sites for hydroxylation is 1. The van der Waals surface area contributed by atoms with Gasteiger partial charge in [0.25, 0.3) is 5.91 Å². The van der Waals surface area contributed by atoms with Crippen LogP contribution in [0.5, 0.6) is 5.75 Å². The van der Waals surface area contributed by atoms with Crippen molar-refractivity contribution >= 4 is 18.0 Å². The predicted octanol–water partition coefficient (Wildman–Crippen LogP) is 5.11. The molecule has 4 rings (SSSR count). The van der Waals surface area contributed by atoms with E-state index < -0.39 is 5.97 Å². The lowest BCUT2D eigenvalue weighted by Crippen LogP contribution is -2.24. The van der Waals surface area contributed by atoms with Crippen molar-refractivity contribution in [3.05, 3.63) is 99.8 Å². The maximum Gasteiger partial charge on any atom is 0.340 e. The van der Waals surface area contributed by atoms with Crippen molar-refractivity contribution < 1.29 is 23.5 Å². The number of hydrogen-bond acceptors (Lipinski definition) is 4. The Hall–Kier alpha value is -4.13. The number of allylic oxidation sites excluding steroid dienone is 1. The van der Waals surface area contributed by atoms with Crippen LogP contribution in [-0.4, -0.2) is 35.6 Å². The Kier molecular flexibility index (Phi) is 6.60. The molecule has 0 saturated heterocycles. The number of ether oxygens (including phenoxy) is 2. The van der Waals surface area contributed by atoms with Crippen LogP contribution in [0, 0.1) is 19.7 Å². The Labute approximate surface area is 203 Å². The minimum absolute atomic E-state index is 0.224. The summed E-state index contributed by atoms with van der Waals surface area (Å²) in [6.45, 7) is 5.75. The van der Waals surface area contributed by atoms with Crippen LogP contribution in [0.25, 0.3) is 11.8 Å². The van der Waals surface area contributed by atoms with Crippen LogP contribution in [-0.2, 0) is 20.9 Å². The van der Waals surface area contributed by atoms with Gasteiger partial charge in [-0.2, -0.15) is 0 Å². The molecule has 2 aromatic carbocycles. The van der Waals surface area contributed by atoms with Crippen LogP contribution >= 0.6 is 0 Å². The van der Waals surface area contributed by atoms with Crippen LogP contribution < -0.4 is 4.74 Å². The second-order valence-electron chi connectivity index (χ2n) is 8.36. The lowest BCUT2D eigenvalue weighted by atomic mass is 10.0. The van der Waals surface area contributed by atoms with E-state index in [2.05, 4.69) is 0 Å². The Morgan fingerprint density at radius 3 is 2.34 bits per heavy atom. The summed E-state index contributed by atoms with van der Waals surface area (Å²) in [5, 5.41) is 0. The number of methoxy groups -OCH3 is 2. The molecule has 1 aromatic heterocycles. The largest absolute Gasteiger partial charge is 0.497 e. The molecule has 3 aromatic rings. The number of hydrogen-bond donors (Lipinski definition) is 0. The van der Waals surface area contributed by atoms with Gasteiger partial charge in [0, 0.05) is 17.1 Å². The smallest absolute Gasteiger partial charge is 0.340 e. The lowest BCUT2D eigenvalue weighted by Gasteiger charge is -2.18. The third kappa shape index (κ3) is 4.37. The standard InChI is InChI=1S/C28H27FN2O4/c1-17-14-21(18(2)31(17)25-9-7-6-8-24(25)29)15-23-26(28(33)35-5)19(3)30(27(23)32)16-20-10-12-22(34-4)13-11-20/h6-15H,16H2,1-5H3. The molecule has 0 aliphatic carbocycles. The number of carbonyl (C=O) groups excluding carboxylic acids is 2. The molecule has 0 radical (unpaired) electrons. The molecular formula is C28H27FN2O4. The molecule has 1 amide bonds. The fraction of sp³-hybridized carbons (Fsp3) is 0.214. The summed E-state index contributed by atoms with van der Waals surface area (Å²) in [4.78, 5) is 27.8. The van der Waals surface area contributed by atoms with Crippen molar-refractivity contribution in [2.24, 2.45) is 0 Å². The molecule has 0 bridgehead atoms. The van der Waals surface area contributed by atoms with Gasteiger partial charge in [0.05, 0.1) is 37.6 Å². The van der Waals surface area contributed by atoms with Crippen molar-refractivity contribution in [3.63, 3.8) is 0 Å². The normalized spacial score (nSPS) is 14.7. The number of rotatable bonds is 6. The van der Waals surface area contributed by atoms with Gasteiger partial charge in [-0.3, -0.25) is 4.79 Å². The first-order valence-electron chi connectivity index (χ1n) is 11.2. The minimum Gasteiger partial charge on any atom is -0.497 e. The number of esters is 1. The number of carbonyl (C=O) groups is 2. The highest BCUT2D eigenvalue weighted by Crippen LogP contribution is 2.34. The van der Waals surface area contributed by atoms with Gasteiger partial charge in [-0.15, -0.1) is 0 Å². The number of nitrogens with zero attached hydrogens (tertiary/aromatic N) is 2. The molecule has 35 heavy (non-hydrogen) atoms. The SMILES string of the molecule is COC(=O)C1=C(C)N(Cc2ccc(OC)cc2)C(=O)C1=Cc1cc(C)n(-c2ccccc2F)c1C. The topological polar surface area (TPSA) is 60.8 Å². The summed E-state index contributed by atoms with van der Waals surface area (Å²) in [6, 6.07) is 15.8. The first kappa shape index (κ1) is 24.0. The summed E-state index contributed by atoms with van der Waals surface area (Å²) in [5.41, 5.74) is 4.58. The zero-order valence-corrected chi connectivity index (χ0v) is 20.4. The fourth-order valence-electron chi connectivity index (χ4n) is 4.43. The number of amides is 1. The second-order valence-corrected chi connectivity index (χ2v) is 8.36. The van der Waals surface area contributed by atoms with Crippen molar-refractivity contribution in [1.29, 1.82) is 0 Å². The van der Waals surface area contributed by atoms with Crippen molar-refractivity contribution in [1.82, 2.24) is 9.47 Å². The zero-order chi connectivity index (χ0) is 25.3. The third-order valence-corrected chi connectivity index (χ3v) is 6.26. The van der Waals surface area contributed by atoms with E-state index >= 15 is 0 Å². The molecule has 7 heteroatoms. The highest BCUT2D eigenvalue weighted by Gasteiger charge is 2.37. The number of aromatic nitrogens is 1. The fourth-order valence-corrected chi connectivity index (χ4v) is 4.43. The van der Waals surface area contributed by atoms with E-state index in [1.807, 2.05) is 44.2 Å². The predicted molar refractivity (Wildman–Crippen MR) is 131 cm³/mol. The van der Waals surface area contributed by atoms with Crippen molar-refractivity contribution in [2.75, 3.05) is 14.2 Å². The molecule has 0 N–H and O–H groups in total. The van der Waals surface area contributed by atoms with Gasteiger partial charge in [-0.25, -0.2) is 9.18 Å². The zero-order valence-electron chi connectivity index (χ0n) is 20.4. The van der Waals surface area contributed by atoms with Gasteiger partial charge in [-0.1, -0.05) is 24.3 Å². The molecule has 1 aliphatic rings. The molecule has 2 heterocycles. The molecule has 0 fully saturated rings. The molecule has 0 unspecified atom stereocenters. The van der Waals surface area contributed by atoms with Crippen molar-refractivity contribution in [2.45, 2.75) is 27.3 Å². The van der Waals surface area contributed by atoms with E-state index in [0.717, 1.165) is 28.3 Å². The van der Waals surface area contributed by atoms with Crippen LogP contribution in [0.3, 0.4) is 0 Å². The number of para-hydroxylation sites is 1. The average molecular weight is 475 g/mol. The first-order chi connectivity index (χ1) is 16.8. The molecule has 0 atom stereocenters. The average Bonchev–Trinajstić information content (AvgIpc) is 3.26. The van der Waals surface area contributed by atoms with Gasteiger partial charge in [0.2, 0.25) is 0 Å². The quantitative estimate of drug-likeness (QED) is 0.368. The van der Waals surface area contributed by atoms with Gasteiger partial charge >= 0.3 is 5.97 Å². The van der Waals surface area contributed by atoms with Crippen LogP contribution in [0.4, 0.5) is 4.39 Å². The van der Waals surface area contributed by atoms with Gasteiger partial charge in [0.15, 0.2) is 0 Å². The highest BCUT2D eigenvalue weighted by molar-refractivity contribution is 6.16. The molecule has 6 nitrogen and oxygen atoms in total. The third-order valence-electron chi connectivity index (χ3n) is 6.26. The van der Waals surface area contributed by atoms with Crippen molar-refractivity contribution in [3.8, 4) is 11.4 Å². The molecular weight excluding hydrogens is 447 g/mol.